The lowest BCUT2D eigenvalue weighted by molar-refractivity contribution is 0.0950. The molecule has 1 aliphatic heterocycles. The number of aromatic nitrogens is 5. The van der Waals surface area contributed by atoms with Crippen LogP contribution in [0.25, 0.3) is 17.1 Å². The molecule has 5 rings (SSSR count). The van der Waals surface area contributed by atoms with E-state index in [0.717, 1.165) is 0 Å². The molecule has 0 saturated carbocycles. The second kappa shape index (κ2) is 7.71. The molecule has 160 valence electrons. The Hall–Kier alpha value is -4.94. The van der Waals surface area contributed by atoms with Gasteiger partial charge in [-0.15, -0.1) is 5.10 Å². The molecule has 0 radical (unpaired) electrons. The van der Waals surface area contributed by atoms with Crippen LogP contribution in [-0.4, -0.2) is 49.3 Å². The highest BCUT2D eigenvalue weighted by Gasteiger charge is 2.26. The normalized spacial score (nSPS) is 12.4. The number of ether oxygens (including phenoxy) is 2. The minimum atomic E-state index is -0.643. The van der Waals surface area contributed by atoms with Crippen molar-refractivity contribution in [3.63, 3.8) is 0 Å². The largest absolute Gasteiger partial charge is 0.508 e. The molecule has 2 aromatic heterocycles. The van der Waals surface area contributed by atoms with Crippen molar-refractivity contribution in [2.45, 2.75) is 0 Å². The second-order valence-corrected chi connectivity index (χ2v) is 6.53. The lowest BCUT2D eigenvalue weighted by Gasteiger charge is -2.07. The number of benzene rings is 2. The smallest absolute Gasteiger partial charge is 0.294 e. The molecule has 0 saturated heterocycles. The van der Waals surface area contributed by atoms with Crippen LogP contribution in [-0.2, 0) is 0 Å². The van der Waals surface area contributed by atoms with Gasteiger partial charge in [0.25, 0.3) is 5.91 Å². The first-order valence-corrected chi connectivity index (χ1v) is 9.17. The Morgan fingerprint density at radius 1 is 1.19 bits per heavy atom. The van der Waals surface area contributed by atoms with E-state index in [1.54, 1.807) is 30.3 Å². The van der Waals surface area contributed by atoms with Crippen molar-refractivity contribution in [1.82, 2.24) is 30.7 Å². The van der Waals surface area contributed by atoms with Gasteiger partial charge in [0.05, 0.1) is 6.21 Å². The van der Waals surface area contributed by atoms with E-state index in [1.165, 1.54) is 23.0 Å². The van der Waals surface area contributed by atoms with E-state index in [0.29, 0.717) is 22.6 Å². The van der Waals surface area contributed by atoms with Crippen molar-refractivity contribution in [1.29, 1.82) is 0 Å². The van der Waals surface area contributed by atoms with E-state index in [9.17, 15) is 9.90 Å². The number of anilines is 1. The average molecular weight is 434 g/mol. The highest BCUT2D eigenvalue weighted by molar-refractivity contribution is 5.99. The summed E-state index contributed by atoms with van der Waals surface area (Å²) in [6.45, 7) is 0.0908. The predicted molar refractivity (Wildman–Crippen MR) is 108 cm³/mol. The first kappa shape index (κ1) is 19.0. The van der Waals surface area contributed by atoms with Gasteiger partial charge in [-0.3, -0.25) is 4.79 Å². The maximum atomic E-state index is 12.9. The highest BCUT2D eigenvalue weighted by Crippen LogP contribution is 2.37. The van der Waals surface area contributed by atoms with Crippen LogP contribution in [0.2, 0.25) is 0 Å². The molecule has 0 atom stereocenters. The molecule has 32 heavy (non-hydrogen) atoms. The molecule has 1 aliphatic rings. The van der Waals surface area contributed by atoms with Gasteiger partial charge in [-0.05, 0) is 46.2 Å². The zero-order chi connectivity index (χ0) is 22.1. The monoisotopic (exact) mass is 434 g/mol. The maximum absolute atomic E-state index is 12.9. The van der Waals surface area contributed by atoms with E-state index in [2.05, 4.69) is 35.8 Å². The third-order valence-corrected chi connectivity index (χ3v) is 4.48. The molecule has 0 aliphatic carbocycles. The molecule has 2 aromatic carbocycles. The summed E-state index contributed by atoms with van der Waals surface area (Å²) in [5, 5.41) is 28.7. The first-order valence-electron chi connectivity index (χ1n) is 9.17. The van der Waals surface area contributed by atoms with Crippen molar-refractivity contribution < 1.29 is 24.0 Å². The summed E-state index contributed by atoms with van der Waals surface area (Å²) >= 11 is 0. The summed E-state index contributed by atoms with van der Waals surface area (Å²) in [5.74, 6) is 0.521. The molecule has 13 nitrogen and oxygen atoms in total. The number of hydrogen-bond donors (Lipinski definition) is 3. The summed E-state index contributed by atoms with van der Waals surface area (Å²) in [5.41, 5.74) is 9.52. The van der Waals surface area contributed by atoms with Gasteiger partial charge >= 0.3 is 0 Å². The zero-order valence-electron chi connectivity index (χ0n) is 16.2. The van der Waals surface area contributed by atoms with E-state index in [1.807, 2.05) is 0 Å². The van der Waals surface area contributed by atoms with Crippen molar-refractivity contribution >= 4 is 17.9 Å². The summed E-state index contributed by atoms with van der Waals surface area (Å²) < 4.78 is 16.7. The molecule has 3 heterocycles. The van der Waals surface area contributed by atoms with Crippen molar-refractivity contribution in [2.24, 2.45) is 5.10 Å². The van der Waals surface area contributed by atoms with E-state index < -0.39 is 5.91 Å². The number of carbonyl (C=O) groups is 1. The van der Waals surface area contributed by atoms with Gasteiger partial charge in [-0.1, -0.05) is 17.3 Å². The topological polar surface area (TPSA) is 176 Å². The summed E-state index contributed by atoms with van der Waals surface area (Å²) in [6.07, 6.45) is 1.38. The van der Waals surface area contributed by atoms with Crippen LogP contribution in [0, 0.1) is 0 Å². The SMILES string of the molecule is Nc1nonc1-n1nnc(C(=O)N/N=C/c2cccc(O)c2)c1-c1ccc2c(c1)OCO2. The number of nitrogen functional groups attached to an aromatic ring is 1. The summed E-state index contributed by atoms with van der Waals surface area (Å²) in [7, 11) is 0. The van der Waals surface area contributed by atoms with Crippen LogP contribution in [0.4, 0.5) is 5.82 Å². The van der Waals surface area contributed by atoms with Crippen LogP contribution in [0.15, 0.2) is 52.2 Å². The number of aromatic hydroxyl groups is 1. The standard InChI is InChI=1S/C19H14N8O5/c20-17-18(25-32-24-17)27-16(11-4-5-13-14(7-11)31-9-30-13)15(22-26-27)19(29)23-21-8-10-2-1-3-12(28)6-10/h1-8,28H,9H2,(H2,20,24)(H,23,29)/b21-8+. The Bertz CT molecular complexity index is 1350. The van der Waals surface area contributed by atoms with Gasteiger partial charge in [-0.25, -0.2) is 10.1 Å². The molecule has 0 fully saturated rings. The fourth-order valence-corrected chi connectivity index (χ4v) is 3.05. The molecular formula is C19H14N8O5. The summed E-state index contributed by atoms with van der Waals surface area (Å²) in [6, 6.07) is 11.5. The lowest BCUT2D eigenvalue weighted by Crippen LogP contribution is -2.19. The van der Waals surface area contributed by atoms with E-state index in [-0.39, 0.29) is 35.6 Å². The molecule has 1 amide bonds. The molecular weight excluding hydrogens is 420 g/mol. The number of nitrogens with one attached hydrogen (secondary N) is 1. The Labute approximate surface area is 179 Å². The lowest BCUT2D eigenvalue weighted by atomic mass is 10.1. The van der Waals surface area contributed by atoms with Crippen molar-refractivity contribution in [2.75, 3.05) is 12.5 Å². The zero-order valence-corrected chi connectivity index (χ0v) is 16.2. The number of carbonyl (C=O) groups excluding carboxylic acids is 1. The fourth-order valence-electron chi connectivity index (χ4n) is 3.05. The maximum Gasteiger partial charge on any atom is 0.294 e. The van der Waals surface area contributed by atoms with Gasteiger partial charge in [-0.2, -0.15) is 9.78 Å². The number of fused-ring (bicyclic) bond motifs is 1. The van der Waals surface area contributed by atoms with Gasteiger partial charge in [0.15, 0.2) is 17.2 Å². The molecule has 4 aromatic rings. The molecule has 0 unspecified atom stereocenters. The van der Waals surface area contributed by atoms with Crippen LogP contribution < -0.4 is 20.6 Å². The van der Waals surface area contributed by atoms with Crippen LogP contribution in [0.1, 0.15) is 16.1 Å². The number of rotatable bonds is 5. The van der Waals surface area contributed by atoms with E-state index >= 15 is 0 Å². The minimum Gasteiger partial charge on any atom is -0.508 e. The Morgan fingerprint density at radius 3 is 2.88 bits per heavy atom. The number of hydrazone groups is 1. The fraction of sp³-hybridized carbons (Fsp3) is 0.0526. The predicted octanol–water partition coefficient (Wildman–Crippen LogP) is 1.10. The Kier molecular flexibility index (Phi) is 4.59. The number of phenolic OH excluding ortho intramolecular Hbond substituents is 1. The number of hydrogen-bond acceptors (Lipinski definition) is 11. The van der Waals surface area contributed by atoms with Crippen LogP contribution >= 0.6 is 0 Å². The molecule has 13 heteroatoms. The average Bonchev–Trinajstić information content (AvgIpc) is 3.52. The highest BCUT2D eigenvalue weighted by atomic mass is 16.7. The molecule has 0 spiro atoms. The number of amides is 1. The molecule has 0 bridgehead atoms. The molecule has 4 N–H and O–H groups in total. The van der Waals surface area contributed by atoms with E-state index in [4.69, 9.17) is 15.2 Å². The second-order valence-electron chi connectivity index (χ2n) is 6.53. The Balaban J connectivity index is 1.51. The van der Waals surface area contributed by atoms with Gasteiger partial charge in [0, 0.05) is 5.56 Å². The number of nitrogens with zero attached hydrogens (tertiary/aromatic N) is 6. The van der Waals surface area contributed by atoms with Gasteiger partial charge in [0.2, 0.25) is 18.4 Å². The first-order chi connectivity index (χ1) is 15.6. The quantitative estimate of drug-likeness (QED) is 0.304. The van der Waals surface area contributed by atoms with Crippen LogP contribution in [0.5, 0.6) is 17.2 Å². The van der Waals surface area contributed by atoms with Gasteiger partial charge < -0.3 is 20.3 Å². The third kappa shape index (κ3) is 3.43. The van der Waals surface area contributed by atoms with Crippen molar-refractivity contribution in [3.05, 3.63) is 53.7 Å². The van der Waals surface area contributed by atoms with Crippen molar-refractivity contribution in [3.8, 4) is 34.3 Å². The minimum absolute atomic E-state index is 0.0363. The summed E-state index contributed by atoms with van der Waals surface area (Å²) in [4.78, 5) is 12.9. The number of nitrogens with two attached hydrogens (primary N) is 1. The van der Waals surface area contributed by atoms with Crippen LogP contribution in [0.3, 0.4) is 0 Å². The van der Waals surface area contributed by atoms with Gasteiger partial charge in [0.1, 0.15) is 11.4 Å². The number of phenols is 1. The third-order valence-electron chi connectivity index (χ3n) is 4.48. The Morgan fingerprint density at radius 2 is 2.06 bits per heavy atom.